The highest BCUT2D eigenvalue weighted by Crippen LogP contribution is 2.16. The normalized spacial score (nSPS) is 11.1. The minimum absolute atomic E-state index is 0.0455. The second-order valence-corrected chi connectivity index (χ2v) is 6.92. The van der Waals surface area contributed by atoms with Crippen LogP contribution in [0.2, 0.25) is 0 Å². The lowest BCUT2D eigenvalue weighted by atomic mass is 10.1. The zero-order chi connectivity index (χ0) is 19.9. The van der Waals surface area contributed by atoms with Gasteiger partial charge in [0.05, 0.1) is 11.5 Å². The zero-order valence-corrected chi connectivity index (χ0v) is 15.4. The monoisotopic (exact) mass is 388 g/mol. The number of rotatable bonds is 8. The van der Waals surface area contributed by atoms with Gasteiger partial charge in [-0.25, -0.2) is 0 Å². The van der Waals surface area contributed by atoms with Crippen molar-refractivity contribution >= 4 is 27.5 Å². The summed E-state index contributed by atoms with van der Waals surface area (Å²) >= 11 is 0. The Bertz CT molecular complexity index is 946. The maximum Gasteiger partial charge on any atom is 0.285 e. The topological polar surface area (TPSA) is 137 Å². The second-order valence-electron chi connectivity index (χ2n) is 5.31. The fourth-order valence-electron chi connectivity index (χ4n) is 2.11. The molecule has 0 aromatic heterocycles. The minimum Gasteiger partial charge on any atom is -0.494 e. The SMILES string of the molecule is CCOc1ccc(C(=O)/C=C\Nc2ccc(S(=O)(=O)N=C(N)N)cc2)cc1. The van der Waals surface area contributed by atoms with Gasteiger partial charge in [0, 0.05) is 23.5 Å². The van der Waals surface area contributed by atoms with Gasteiger partial charge in [0.15, 0.2) is 5.78 Å². The van der Waals surface area contributed by atoms with Gasteiger partial charge in [0.25, 0.3) is 10.0 Å². The number of carbonyl (C=O) groups is 1. The van der Waals surface area contributed by atoms with Crippen molar-refractivity contribution in [2.75, 3.05) is 11.9 Å². The van der Waals surface area contributed by atoms with Crippen LogP contribution in [0.3, 0.4) is 0 Å². The fourth-order valence-corrected chi connectivity index (χ4v) is 2.97. The first kappa shape index (κ1) is 20.0. The molecule has 27 heavy (non-hydrogen) atoms. The van der Waals surface area contributed by atoms with Crippen LogP contribution in [0, 0.1) is 0 Å². The molecule has 0 bridgehead atoms. The Morgan fingerprint density at radius 1 is 1.11 bits per heavy atom. The largest absolute Gasteiger partial charge is 0.494 e. The molecule has 0 atom stereocenters. The molecule has 0 aliphatic carbocycles. The first-order valence-electron chi connectivity index (χ1n) is 7.98. The smallest absolute Gasteiger partial charge is 0.285 e. The molecule has 2 rings (SSSR count). The van der Waals surface area contributed by atoms with Gasteiger partial charge in [-0.15, -0.1) is 4.40 Å². The highest BCUT2D eigenvalue weighted by molar-refractivity contribution is 7.90. The molecule has 9 heteroatoms. The van der Waals surface area contributed by atoms with Crippen molar-refractivity contribution in [3.05, 3.63) is 66.4 Å². The Labute approximate surface area is 157 Å². The van der Waals surface area contributed by atoms with Crippen LogP contribution in [-0.4, -0.2) is 26.8 Å². The van der Waals surface area contributed by atoms with Crippen LogP contribution in [0.15, 0.2) is 70.1 Å². The summed E-state index contributed by atoms with van der Waals surface area (Å²) in [6.45, 7) is 2.44. The standard InChI is InChI=1S/C18H20N4O4S/c1-2-26-15-7-3-13(4-8-15)17(23)11-12-21-14-5-9-16(10-6-14)27(24,25)22-18(19)20/h3-12,21H,2H2,1H3,(H4,19,20,22)/b12-11-. The molecule has 0 radical (unpaired) electrons. The Kier molecular flexibility index (Phi) is 6.56. The number of anilines is 1. The predicted molar refractivity (Wildman–Crippen MR) is 104 cm³/mol. The van der Waals surface area contributed by atoms with Crippen molar-refractivity contribution in [1.82, 2.24) is 0 Å². The summed E-state index contributed by atoms with van der Waals surface area (Å²) in [7, 11) is -3.93. The quantitative estimate of drug-likeness (QED) is 0.272. The molecule has 0 saturated carbocycles. The van der Waals surface area contributed by atoms with Gasteiger partial charge in [-0.2, -0.15) is 8.42 Å². The lowest BCUT2D eigenvalue weighted by molar-refractivity contribution is 0.104. The highest BCUT2D eigenvalue weighted by Gasteiger charge is 2.12. The maximum atomic E-state index is 12.1. The molecular formula is C18H20N4O4S. The third-order valence-corrected chi connectivity index (χ3v) is 4.63. The van der Waals surface area contributed by atoms with E-state index < -0.39 is 16.0 Å². The molecule has 0 unspecified atom stereocenters. The number of nitrogens with zero attached hydrogens (tertiary/aromatic N) is 1. The number of hydrogen-bond donors (Lipinski definition) is 3. The molecule has 0 saturated heterocycles. The van der Waals surface area contributed by atoms with E-state index in [0.29, 0.717) is 23.6 Å². The summed E-state index contributed by atoms with van der Waals surface area (Å²) in [6.07, 6.45) is 2.85. The molecule has 0 spiro atoms. The molecule has 2 aromatic rings. The van der Waals surface area contributed by atoms with Crippen molar-refractivity contribution in [2.45, 2.75) is 11.8 Å². The molecule has 8 nitrogen and oxygen atoms in total. The lowest BCUT2D eigenvalue weighted by Crippen LogP contribution is -2.24. The molecule has 0 aliphatic heterocycles. The molecule has 142 valence electrons. The predicted octanol–water partition coefficient (Wildman–Crippen LogP) is 1.86. The van der Waals surface area contributed by atoms with E-state index in [4.69, 9.17) is 16.2 Å². The molecule has 5 N–H and O–H groups in total. The van der Waals surface area contributed by atoms with Gasteiger partial charge >= 0.3 is 0 Å². The maximum absolute atomic E-state index is 12.1. The number of guanidine groups is 1. The third-order valence-electron chi connectivity index (χ3n) is 3.31. The van der Waals surface area contributed by atoms with Gasteiger partial charge in [-0.1, -0.05) is 0 Å². The van der Waals surface area contributed by atoms with Crippen molar-refractivity contribution in [3.8, 4) is 5.75 Å². The van der Waals surface area contributed by atoms with Gasteiger partial charge in [-0.3, -0.25) is 4.79 Å². The zero-order valence-electron chi connectivity index (χ0n) is 14.6. The molecule has 0 fully saturated rings. The number of nitrogens with two attached hydrogens (primary N) is 2. The van der Waals surface area contributed by atoms with E-state index in [-0.39, 0.29) is 10.7 Å². The van der Waals surface area contributed by atoms with Crippen LogP contribution in [0.5, 0.6) is 5.75 Å². The van der Waals surface area contributed by atoms with E-state index in [1.807, 2.05) is 6.92 Å². The van der Waals surface area contributed by atoms with E-state index in [1.165, 1.54) is 36.5 Å². The van der Waals surface area contributed by atoms with Gasteiger partial charge in [-0.05, 0) is 55.5 Å². The van der Waals surface area contributed by atoms with E-state index in [0.717, 1.165) is 0 Å². The Morgan fingerprint density at radius 2 is 1.74 bits per heavy atom. The van der Waals surface area contributed by atoms with Crippen LogP contribution in [-0.2, 0) is 10.0 Å². The summed E-state index contributed by atoms with van der Waals surface area (Å²) in [5, 5.41) is 2.89. The Morgan fingerprint density at radius 3 is 2.30 bits per heavy atom. The number of ketones is 1. The summed E-state index contributed by atoms with van der Waals surface area (Å²) in [5.74, 6) is -0.0163. The number of benzene rings is 2. The van der Waals surface area contributed by atoms with Crippen molar-refractivity contribution in [3.63, 3.8) is 0 Å². The Hall–Kier alpha value is -3.33. The van der Waals surface area contributed by atoms with Crippen molar-refractivity contribution < 1.29 is 17.9 Å². The van der Waals surface area contributed by atoms with Gasteiger partial charge < -0.3 is 21.5 Å². The number of allylic oxidation sites excluding steroid dienone is 1. The minimum atomic E-state index is -3.93. The molecule has 0 amide bonds. The number of ether oxygens (including phenoxy) is 1. The molecule has 0 heterocycles. The molecule has 0 aliphatic rings. The van der Waals surface area contributed by atoms with E-state index in [1.54, 1.807) is 24.3 Å². The average Bonchev–Trinajstić information content (AvgIpc) is 2.62. The van der Waals surface area contributed by atoms with Crippen molar-refractivity contribution in [2.24, 2.45) is 15.9 Å². The van der Waals surface area contributed by atoms with Crippen molar-refractivity contribution in [1.29, 1.82) is 0 Å². The summed E-state index contributed by atoms with van der Waals surface area (Å²) in [5.41, 5.74) is 11.3. The van der Waals surface area contributed by atoms with E-state index in [9.17, 15) is 13.2 Å². The summed E-state index contributed by atoms with van der Waals surface area (Å²) in [6, 6.07) is 12.6. The summed E-state index contributed by atoms with van der Waals surface area (Å²) < 4.78 is 32.2. The van der Waals surface area contributed by atoms with E-state index >= 15 is 0 Å². The number of nitrogens with one attached hydrogen (secondary N) is 1. The second kappa shape index (κ2) is 8.86. The molecule has 2 aromatic carbocycles. The van der Waals surface area contributed by atoms with E-state index in [2.05, 4.69) is 9.71 Å². The number of hydrogen-bond acceptors (Lipinski definition) is 5. The number of sulfonamides is 1. The Balaban J connectivity index is 1.99. The first-order valence-corrected chi connectivity index (χ1v) is 9.42. The summed E-state index contributed by atoms with van der Waals surface area (Å²) in [4.78, 5) is 12.1. The number of carbonyl (C=O) groups excluding carboxylic acids is 1. The molecular weight excluding hydrogens is 368 g/mol. The average molecular weight is 388 g/mol. The lowest BCUT2D eigenvalue weighted by Gasteiger charge is -2.04. The van der Waals surface area contributed by atoms with Crippen LogP contribution < -0.4 is 21.5 Å². The van der Waals surface area contributed by atoms with Gasteiger partial charge in [0.2, 0.25) is 5.96 Å². The third kappa shape index (κ3) is 5.86. The highest BCUT2D eigenvalue weighted by atomic mass is 32.2. The van der Waals surface area contributed by atoms with Gasteiger partial charge in [0.1, 0.15) is 5.75 Å². The fraction of sp³-hybridized carbons (Fsp3) is 0.111. The van der Waals surface area contributed by atoms with Crippen LogP contribution >= 0.6 is 0 Å². The van der Waals surface area contributed by atoms with Crippen LogP contribution in [0.4, 0.5) is 5.69 Å². The van der Waals surface area contributed by atoms with Crippen LogP contribution in [0.25, 0.3) is 0 Å². The first-order chi connectivity index (χ1) is 12.8. The van der Waals surface area contributed by atoms with Crippen LogP contribution in [0.1, 0.15) is 17.3 Å².